The molecular formula is C12H13F2NO3S. The molecule has 1 aliphatic rings. The summed E-state index contributed by atoms with van der Waals surface area (Å²) in [5.41, 5.74) is 0.0137. The van der Waals surface area contributed by atoms with Crippen molar-refractivity contribution in [2.24, 2.45) is 5.92 Å². The monoisotopic (exact) mass is 289 g/mol. The van der Waals surface area contributed by atoms with Gasteiger partial charge in [0.1, 0.15) is 0 Å². The molecule has 0 saturated carbocycles. The van der Waals surface area contributed by atoms with Gasteiger partial charge >= 0.3 is 0 Å². The molecule has 1 aliphatic heterocycles. The SMILES string of the molecule is O=C(NCC1CCS(=O)(=O)C1)c1ccc(F)c(F)c1. The molecule has 1 aromatic carbocycles. The summed E-state index contributed by atoms with van der Waals surface area (Å²) < 4.78 is 48.1. The zero-order chi connectivity index (χ0) is 14.0. The number of nitrogens with one attached hydrogen (secondary N) is 1. The molecule has 1 heterocycles. The van der Waals surface area contributed by atoms with Crippen molar-refractivity contribution in [1.82, 2.24) is 5.32 Å². The van der Waals surface area contributed by atoms with E-state index in [0.717, 1.165) is 12.1 Å². The molecule has 1 atom stereocenters. The molecule has 0 radical (unpaired) electrons. The van der Waals surface area contributed by atoms with Crippen LogP contribution in [0.5, 0.6) is 0 Å². The molecule has 4 nitrogen and oxygen atoms in total. The second-order valence-electron chi connectivity index (χ2n) is 4.61. The van der Waals surface area contributed by atoms with Gasteiger partial charge in [-0.3, -0.25) is 4.79 Å². The van der Waals surface area contributed by atoms with Crippen LogP contribution in [0.1, 0.15) is 16.8 Å². The zero-order valence-electron chi connectivity index (χ0n) is 10.0. The lowest BCUT2D eigenvalue weighted by atomic mass is 10.1. The summed E-state index contributed by atoms with van der Waals surface area (Å²) in [6, 6.07) is 2.87. The van der Waals surface area contributed by atoms with E-state index in [-0.39, 0.29) is 29.5 Å². The Bertz CT molecular complexity index is 601. The van der Waals surface area contributed by atoms with E-state index in [2.05, 4.69) is 5.32 Å². The zero-order valence-corrected chi connectivity index (χ0v) is 10.8. The first-order chi connectivity index (χ1) is 8.87. The van der Waals surface area contributed by atoms with Crippen molar-refractivity contribution in [3.63, 3.8) is 0 Å². The number of sulfone groups is 1. The first-order valence-electron chi connectivity index (χ1n) is 5.81. The molecule has 0 aliphatic carbocycles. The maximum atomic E-state index is 12.9. The third-order valence-electron chi connectivity index (χ3n) is 3.06. The second-order valence-corrected chi connectivity index (χ2v) is 6.84. The van der Waals surface area contributed by atoms with Crippen LogP contribution >= 0.6 is 0 Å². The Morgan fingerprint density at radius 1 is 1.32 bits per heavy atom. The fraction of sp³-hybridized carbons (Fsp3) is 0.417. The van der Waals surface area contributed by atoms with Crippen molar-refractivity contribution in [2.75, 3.05) is 18.1 Å². The van der Waals surface area contributed by atoms with E-state index >= 15 is 0 Å². The third kappa shape index (κ3) is 3.50. The molecule has 1 unspecified atom stereocenters. The standard InChI is InChI=1S/C12H13F2NO3S/c13-10-2-1-9(5-11(10)14)12(16)15-6-8-3-4-19(17,18)7-8/h1-2,5,8H,3-4,6-7H2,(H,15,16). The Morgan fingerprint density at radius 3 is 2.63 bits per heavy atom. The fourth-order valence-corrected chi connectivity index (χ4v) is 3.87. The Labute approximate surface area is 109 Å². The molecule has 0 spiro atoms. The van der Waals surface area contributed by atoms with Gasteiger partial charge in [0.05, 0.1) is 11.5 Å². The number of hydrogen-bond donors (Lipinski definition) is 1. The molecular weight excluding hydrogens is 276 g/mol. The lowest BCUT2D eigenvalue weighted by Crippen LogP contribution is -2.29. The normalized spacial score (nSPS) is 21.3. The summed E-state index contributed by atoms with van der Waals surface area (Å²) in [4.78, 5) is 11.7. The van der Waals surface area contributed by atoms with Gasteiger partial charge in [-0.1, -0.05) is 0 Å². The molecule has 1 fully saturated rings. The lowest BCUT2D eigenvalue weighted by molar-refractivity contribution is 0.0948. The number of carbonyl (C=O) groups excluding carboxylic acids is 1. The van der Waals surface area contributed by atoms with Gasteiger partial charge in [-0.15, -0.1) is 0 Å². The first kappa shape index (κ1) is 13.9. The van der Waals surface area contributed by atoms with Gasteiger partial charge in [-0.25, -0.2) is 17.2 Å². The van der Waals surface area contributed by atoms with Crippen LogP contribution in [-0.4, -0.2) is 32.4 Å². The predicted octanol–water partition coefficient (Wildman–Crippen LogP) is 1.13. The first-order valence-corrected chi connectivity index (χ1v) is 7.63. The van der Waals surface area contributed by atoms with E-state index in [1.165, 1.54) is 6.07 Å². The highest BCUT2D eigenvalue weighted by Crippen LogP contribution is 2.17. The topological polar surface area (TPSA) is 63.2 Å². The summed E-state index contributed by atoms with van der Waals surface area (Å²) >= 11 is 0. The van der Waals surface area contributed by atoms with E-state index < -0.39 is 27.4 Å². The number of halogens is 2. The van der Waals surface area contributed by atoms with Gasteiger partial charge < -0.3 is 5.32 Å². The average Bonchev–Trinajstić information content (AvgIpc) is 2.69. The van der Waals surface area contributed by atoms with Crippen LogP contribution in [0.2, 0.25) is 0 Å². The van der Waals surface area contributed by atoms with Crippen molar-refractivity contribution < 1.29 is 22.0 Å². The van der Waals surface area contributed by atoms with Crippen LogP contribution in [-0.2, 0) is 9.84 Å². The van der Waals surface area contributed by atoms with E-state index in [1.54, 1.807) is 0 Å². The minimum Gasteiger partial charge on any atom is -0.352 e. The third-order valence-corrected chi connectivity index (χ3v) is 4.90. The van der Waals surface area contributed by atoms with Gasteiger partial charge in [-0.2, -0.15) is 0 Å². The summed E-state index contributed by atoms with van der Waals surface area (Å²) in [6.07, 6.45) is 0.514. The van der Waals surface area contributed by atoms with Crippen LogP contribution < -0.4 is 5.32 Å². The van der Waals surface area contributed by atoms with E-state index in [1.807, 2.05) is 0 Å². The van der Waals surface area contributed by atoms with Crippen LogP contribution in [0.4, 0.5) is 8.78 Å². The molecule has 1 aromatic rings. The molecule has 104 valence electrons. The molecule has 1 amide bonds. The summed E-state index contributed by atoms with van der Waals surface area (Å²) in [6.45, 7) is 0.219. The van der Waals surface area contributed by atoms with Crippen molar-refractivity contribution in [3.05, 3.63) is 35.4 Å². The number of amides is 1. The van der Waals surface area contributed by atoms with Crippen molar-refractivity contribution in [3.8, 4) is 0 Å². The molecule has 1 N–H and O–H groups in total. The number of carbonyl (C=O) groups is 1. The molecule has 7 heteroatoms. The van der Waals surface area contributed by atoms with Gasteiger partial charge in [0.25, 0.3) is 5.91 Å². The highest BCUT2D eigenvalue weighted by atomic mass is 32.2. The molecule has 0 aromatic heterocycles. The van der Waals surface area contributed by atoms with Crippen molar-refractivity contribution in [2.45, 2.75) is 6.42 Å². The van der Waals surface area contributed by atoms with E-state index in [9.17, 15) is 22.0 Å². The maximum absolute atomic E-state index is 12.9. The van der Waals surface area contributed by atoms with Gasteiger partial charge in [0, 0.05) is 12.1 Å². The van der Waals surface area contributed by atoms with Crippen LogP contribution in [0.15, 0.2) is 18.2 Å². The average molecular weight is 289 g/mol. The number of benzene rings is 1. The molecule has 19 heavy (non-hydrogen) atoms. The Balaban J connectivity index is 1.93. The van der Waals surface area contributed by atoms with Crippen molar-refractivity contribution >= 4 is 15.7 Å². The van der Waals surface area contributed by atoms with Crippen LogP contribution in [0, 0.1) is 17.6 Å². The Morgan fingerprint density at radius 2 is 2.05 bits per heavy atom. The van der Waals surface area contributed by atoms with Gasteiger partial charge in [0.2, 0.25) is 0 Å². The summed E-state index contributed by atoms with van der Waals surface area (Å²) in [5, 5.41) is 2.53. The molecule has 1 saturated heterocycles. The van der Waals surface area contributed by atoms with Crippen LogP contribution in [0.25, 0.3) is 0 Å². The fourth-order valence-electron chi connectivity index (χ4n) is 2.01. The summed E-state index contributed by atoms with van der Waals surface area (Å²) in [7, 11) is -2.98. The largest absolute Gasteiger partial charge is 0.352 e. The van der Waals surface area contributed by atoms with Crippen LogP contribution in [0.3, 0.4) is 0 Å². The predicted molar refractivity (Wildman–Crippen MR) is 65.5 cm³/mol. The Hall–Kier alpha value is -1.50. The minimum absolute atomic E-state index is 0.0137. The van der Waals surface area contributed by atoms with Gasteiger partial charge in [-0.05, 0) is 30.5 Å². The quantitative estimate of drug-likeness (QED) is 0.907. The molecule has 2 rings (SSSR count). The van der Waals surface area contributed by atoms with Gasteiger partial charge in [0.15, 0.2) is 21.5 Å². The lowest BCUT2D eigenvalue weighted by Gasteiger charge is -2.09. The summed E-state index contributed by atoms with van der Waals surface area (Å²) in [5.74, 6) is -2.55. The second kappa shape index (κ2) is 5.24. The highest BCUT2D eigenvalue weighted by Gasteiger charge is 2.28. The smallest absolute Gasteiger partial charge is 0.251 e. The van der Waals surface area contributed by atoms with E-state index in [0.29, 0.717) is 6.42 Å². The highest BCUT2D eigenvalue weighted by molar-refractivity contribution is 7.91. The number of hydrogen-bond acceptors (Lipinski definition) is 3. The Kier molecular flexibility index (Phi) is 3.84. The maximum Gasteiger partial charge on any atom is 0.251 e. The van der Waals surface area contributed by atoms with Crippen molar-refractivity contribution in [1.29, 1.82) is 0 Å². The number of rotatable bonds is 3. The minimum atomic E-state index is -2.98. The van der Waals surface area contributed by atoms with E-state index in [4.69, 9.17) is 0 Å². The molecule has 0 bridgehead atoms.